The van der Waals surface area contributed by atoms with Gasteiger partial charge in [0.1, 0.15) is 28.7 Å². The van der Waals surface area contributed by atoms with Crippen molar-refractivity contribution in [2.45, 2.75) is 39.7 Å². The number of nitrogens with zero attached hydrogens (tertiary/aromatic N) is 5. The zero-order valence-electron chi connectivity index (χ0n) is 15.5. The minimum Gasteiger partial charge on any atom is -0.444 e. The standard InChI is InChI=1S/C18H22ClN5O2/c1-5-12-13(10-20)15(19)22-16(14(12)11-21)23-6-8-24(9-7-23)17(25)26-18(2,3)4/h5-9H2,1-4H3. The molecule has 0 unspecified atom stereocenters. The van der Waals surface area contributed by atoms with Crippen molar-refractivity contribution in [2.75, 3.05) is 31.1 Å². The highest BCUT2D eigenvalue weighted by atomic mass is 35.5. The van der Waals surface area contributed by atoms with Gasteiger partial charge in [-0.15, -0.1) is 0 Å². The zero-order valence-corrected chi connectivity index (χ0v) is 16.2. The highest BCUT2D eigenvalue weighted by Crippen LogP contribution is 2.30. The van der Waals surface area contributed by atoms with Gasteiger partial charge in [0.25, 0.3) is 0 Å². The number of nitriles is 2. The van der Waals surface area contributed by atoms with E-state index in [2.05, 4.69) is 11.1 Å². The number of pyridine rings is 1. The first-order valence-corrected chi connectivity index (χ1v) is 8.85. The number of hydrogen-bond acceptors (Lipinski definition) is 6. The Balaban J connectivity index is 2.23. The van der Waals surface area contributed by atoms with Crippen LogP contribution in [0.1, 0.15) is 44.4 Å². The Hall–Kier alpha value is -2.51. The molecule has 0 saturated carbocycles. The maximum atomic E-state index is 12.2. The lowest BCUT2D eigenvalue weighted by atomic mass is 10.0. The third kappa shape index (κ3) is 4.17. The van der Waals surface area contributed by atoms with Crippen LogP contribution in [-0.4, -0.2) is 47.8 Å². The molecule has 1 aliphatic rings. The first-order valence-electron chi connectivity index (χ1n) is 8.47. The molecule has 0 spiro atoms. The summed E-state index contributed by atoms with van der Waals surface area (Å²) in [7, 11) is 0. The third-order valence-corrected chi connectivity index (χ3v) is 4.32. The summed E-state index contributed by atoms with van der Waals surface area (Å²) in [5, 5.41) is 19.0. The summed E-state index contributed by atoms with van der Waals surface area (Å²) in [5.74, 6) is 0.470. The third-order valence-electron chi connectivity index (χ3n) is 4.05. The Morgan fingerprint density at radius 2 is 1.77 bits per heavy atom. The number of aromatic nitrogens is 1. The van der Waals surface area contributed by atoms with Gasteiger partial charge in [-0.1, -0.05) is 18.5 Å². The monoisotopic (exact) mass is 375 g/mol. The van der Waals surface area contributed by atoms with Crippen molar-refractivity contribution in [3.8, 4) is 12.1 Å². The molecule has 1 aliphatic heterocycles. The fraction of sp³-hybridized carbons (Fsp3) is 0.556. The molecule has 0 bridgehead atoms. The van der Waals surface area contributed by atoms with E-state index in [1.54, 1.807) is 4.90 Å². The molecule has 2 rings (SSSR count). The van der Waals surface area contributed by atoms with E-state index in [1.165, 1.54) is 0 Å². The number of hydrogen-bond donors (Lipinski definition) is 0. The van der Waals surface area contributed by atoms with Crippen LogP contribution in [0, 0.1) is 22.7 Å². The molecule has 2 heterocycles. The minimum atomic E-state index is -0.541. The van der Waals surface area contributed by atoms with E-state index in [-0.39, 0.29) is 16.8 Å². The van der Waals surface area contributed by atoms with Crippen LogP contribution in [0.15, 0.2) is 0 Å². The molecule has 8 heteroatoms. The van der Waals surface area contributed by atoms with E-state index in [0.29, 0.717) is 49.5 Å². The normalized spacial score (nSPS) is 14.6. The van der Waals surface area contributed by atoms with Crippen molar-refractivity contribution in [3.05, 3.63) is 21.8 Å². The van der Waals surface area contributed by atoms with Crippen LogP contribution in [0.3, 0.4) is 0 Å². The second-order valence-corrected chi connectivity index (χ2v) is 7.34. The molecule has 138 valence electrons. The van der Waals surface area contributed by atoms with Crippen molar-refractivity contribution < 1.29 is 9.53 Å². The Labute approximate surface area is 158 Å². The number of halogens is 1. The Kier molecular flexibility index (Phi) is 5.94. The summed E-state index contributed by atoms with van der Waals surface area (Å²) >= 11 is 6.16. The summed E-state index contributed by atoms with van der Waals surface area (Å²) in [6, 6.07) is 4.19. The topological polar surface area (TPSA) is 93.2 Å². The molecule has 7 nitrogen and oxygen atoms in total. The number of ether oxygens (including phenoxy) is 1. The summed E-state index contributed by atoms with van der Waals surface area (Å²) in [6.45, 7) is 9.29. The number of anilines is 1. The molecule has 1 amide bonds. The lowest BCUT2D eigenvalue weighted by Gasteiger charge is -2.36. The number of amides is 1. The van der Waals surface area contributed by atoms with Crippen molar-refractivity contribution >= 4 is 23.5 Å². The predicted octanol–water partition coefficient (Wildman–Crippen LogP) is 3.10. The molecular weight excluding hydrogens is 354 g/mol. The van der Waals surface area contributed by atoms with Crippen LogP contribution < -0.4 is 4.90 Å². The van der Waals surface area contributed by atoms with Crippen LogP contribution in [0.2, 0.25) is 5.15 Å². The van der Waals surface area contributed by atoms with Gasteiger partial charge in [-0.3, -0.25) is 0 Å². The van der Waals surface area contributed by atoms with Crippen molar-refractivity contribution in [1.29, 1.82) is 10.5 Å². The number of carbonyl (C=O) groups excluding carboxylic acids is 1. The van der Waals surface area contributed by atoms with Gasteiger partial charge >= 0.3 is 6.09 Å². The van der Waals surface area contributed by atoms with Crippen molar-refractivity contribution in [2.24, 2.45) is 0 Å². The van der Waals surface area contributed by atoms with Gasteiger partial charge in [0.15, 0.2) is 0 Å². The summed E-state index contributed by atoms with van der Waals surface area (Å²) in [5.41, 5.74) is 0.695. The van der Waals surface area contributed by atoms with Gasteiger partial charge < -0.3 is 14.5 Å². The minimum absolute atomic E-state index is 0.105. The molecule has 26 heavy (non-hydrogen) atoms. The van der Waals surface area contributed by atoms with Crippen molar-refractivity contribution in [3.63, 3.8) is 0 Å². The second kappa shape index (κ2) is 7.80. The molecule has 0 aromatic carbocycles. The van der Waals surface area contributed by atoms with Crippen LogP contribution in [0.4, 0.5) is 10.6 Å². The van der Waals surface area contributed by atoms with Gasteiger partial charge in [-0.2, -0.15) is 10.5 Å². The zero-order chi connectivity index (χ0) is 19.5. The molecular formula is C18H22ClN5O2. The van der Waals surface area contributed by atoms with Gasteiger partial charge in [0, 0.05) is 26.2 Å². The Morgan fingerprint density at radius 3 is 2.23 bits per heavy atom. The summed E-state index contributed by atoms with van der Waals surface area (Å²) in [6.07, 6.45) is 0.163. The van der Waals surface area contributed by atoms with Gasteiger partial charge in [0.05, 0.1) is 11.1 Å². The summed E-state index contributed by atoms with van der Waals surface area (Å²) in [4.78, 5) is 20.0. The Morgan fingerprint density at radius 1 is 1.19 bits per heavy atom. The maximum Gasteiger partial charge on any atom is 0.410 e. The second-order valence-electron chi connectivity index (χ2n) is 6.99. The Bertz CT molecular complexity index is 781. The van der Waals surface area contributed by atoms with E-state index < -0.39 is 5.60 Å². The van der Waals surface area contributed by atoms with Crippen LogP contribution >= 0.6 is 11.6 Å². The highest BCUT2D eigenvalue weighted by Gasteiger charge is 2.28. The molecule has 1 saturated heterocycles. The van der Waals surface area contributed by atoms with E-state index in [4.69, 9.17) is 16.3 Å². The largest absolute Gasteiger partial charge is 0.444 e. The van der Waals surface area contributed by atoms with Crippen molar-refractivity contribution in [1.82, 2.24) is 9.88 Å². The quantitative estimate of drug-likeness (QED) is 0.737. The molecule has 0 aliphatic carbocycles. The average Bonchev–Trinajstić information content (AvgIpc) is 2.59. The fourth-order valence-electron chi connectivity index (χ4n) is 2.83. The molecule has 0 radical (unpaired) electrons. The number of rotatable bonds is 2. The molecule has 1 aromatic rings. The van der Waals surface area contributed by atoms with Gasteiger partial charge in [0.2, 0.25) is 0 Å². The molecule has 0 atom stereocenters. The van der Waals surface area contributed by atoms with E-state index in [0.717, 1.165) is 0 Å². The van der Waals surface area contributed by atoms with E-state index in [9.17, 15) is 15.3 Å². The van der Waals surface area contributed by atoms with Gasteiger partial charge in [-0.05, 0) is 32.8 Å². The van der Waals surface area contributed by atoms with Crippen LogP contribution in [0.5, 0.6) is 0 Å². The first kappa shape index (κ1) is 19.8. The SMILES string of the molecule is CCc1c(C#N)c(Cl)nc(N2CCN(C(=O)OC(C)(C)C)CC2)c1C#N. The summed E-state index contributed by atoms with van der Waals surface area (Å²) < 4.78 is 5.39. The predicted molar refractivity (Wildman–Crippen MR) is 98.1 cm³/mol. The fourth-order valence-corrected chi connectivity index (χ4v) is 3.07. The van der Waals surface area contributed by atoms with E-state index in [1.807, 2.05) is 38.7 Å². The molecule has 1 aromatic heterocycles. The number of piperazine rings is 1. The van der Waals surface area contributed by atoms with Crippen LogP contribution in [0.25, 0.3) is 0 Å². The first-order chi connectivity index (χ1) is 12.2. The molecule has 0 N–H and O–H groups in total. The molecule has 1 fully saturated rings. The van der Waals surface area contributed by atoms with Gasteiger partial charge in [-0.25, -0.2) is 9.78 Å². The van der Waals surface area contributed by atoms with E-state index >= 15 is 0 Å². The number of carbonyl (C=O) groups is 1. The lowest BCUT2D eigenvalue weighted by molar-refractivity contribution is 0.0240. The highest BCUT2D eigenvalue weighted by molar-refractivity contribution is 6.30. The average molecular weight is 376 g/mol. The maximum absolute atomic E-state index is 12.2. The smallest absolute Gasteiger partial charge is 0.410 e. The van der Waals surface area contributed by atoms with Crippen LogP contribution in [-0.2, 0) is 11.2 Å². The lowest BCUT2D eigenvalue weighted by Crippen LogP contribution is -2.50.